The van der Waals surface area contributed by atoms with Crippen molar-refractivity contribution in [1.82, 2.24) is 0 Å². The number of rotatable bonds is 6. The zero-order valence-corrected chi connectivity index (χ0v) is 11.1. The fraction of sp³-hybridized carbons (Fsp3) is 0.400. The topological polar surface area (TPSA) is 109 Å². The van der Waals surface area contributed by atoms with Gasteiger partial charge in [0.05, 0.1) is 34.5 Å². The van der Waals surface area contributed by atoms with Gasteiger partial charge in [-0.2, -0.15) is 0 Å². The molecule has 0 radical (unpaired) electrons. The lowest BCUT2D eigenvalue weighted by atomic mass is 10.4. The van der Waals surface area contributed by atoms with Crippen LogP contribution < -0.4 is 0 Å². The van der Waals surface area contributed by atoms with Crippen LogP contribution in [0.4, 0.5) is 0 Å². The van der Waals surface area contributed by atoms with E-state index in [1.54, 1.807) is 0 Å². The second kappa shape index (κ2) is 5.79. The zero-order valence-electron chi connectivity index (χ0n) is 9.48. The fourth-order valence-corrected chi connectivity index (χ4v) is 3.38. The van der Waals surface area contributed by atoms with Gasteiger partial charge in [-0.3, -0.25) is 0 Å². The summed E-state index contributed by atoms with van der Waals surface area (Å²) in [5.41, 5.74) is 0. The van der Waals surface area contributed by atoms with Crippen molar-refractivity contribution in [2.24, 2.45) is 0 Å². The number of aliphatic hydroxyl groups excluding tert-OH is 2. The molecule has 0 unspecified atom stereocenters. The van der Waals surface area contributed by atoms with Crippen molar-refractivity contribution >= 4 is 19.7 Å². The Bertz CT molecular complexity index is 531. The third-order valence-electron chi connectivity index (χ3n) is 2.26. The summed E-state index contributed by atoms with van der Waals surface area (Å²) in [5.74, 6) is -0.814. The zero-order chi connectivity index (χ0) is 13.8. The molecule has 0 spiro atoms. The molecule has 1 rings (SSSR count). The summed E-state index contributed by atoms with van der Waals surface area (Å²) in [4.78, 5) is -0.0843. The molecule has 0 saturated carbocycles. The van der Waals surface area contributed by atoms with E-state index in [9.17, 15) is 16.8 Å². The van der Waals surface area contributed by atoms with Crippen LogP contribution in [0.2, 0.25) is 0 Å². The first-order valence-electron chi connectivity index (χ1n) is 5.11. The van der Waals surface area contributed by atoms with Crippen molar-refractivity contribution in [3.05, 3.63) is 24.3 Å². The van der Waals surface area contributed by atoms with E-state index in [4.69, 9.17) is 10.2 Å². The van der Waals surface area contributed by atoms with Crippen molar-refractivity contribution in [1.29, 1.82) is 0 Å². The minimum atomic E-state index is -3.58. The average molecular weight is 294 g/mol. The molecule has 0 aliphatic rings. The van der Waals surface area contributed by atoms with E-state index in [0.717, 1.165) is 0 Å². The summed E-state index contributed by atoms with van der Waals surface area (Å²) in [6.45, 7) is -0.986. The molecule has 1 aromatic rings. The smallest absolute Gasteiger partial charge is 0.180 e. The number of hydrogen-bond donors (Lipinski definition) is 2. The van der Waals surface area contributed by atoms with E-state index >= 15 is 0 Å². The second-order valence-electron chi connectivity index (χ2n) is 3.56. The maximum absolute atomic E-state index is 11.6. The van der Waals surface area contributed by atoms with Crippen LogP contribution in [0.1, 0.15) is 0 Å². The molecule has 18 heavy (non-hydrogen) atoms. The van der Waals surface area contributed by atoms with Gasteiger partial charge in [0.15, 0.2) is 19.7 Å². The molecule has 102 valence electrons. The molecule has 2 N–H and O–H groups in total. The first kappa shape index (κ1) is 15.1. The van der Waals surface area contributed by atoms with Gasteiger partial charge in [-0.05, 0) is 24.3 Å². The lowest BCUT2D eigenvalue weighted by Crippen LogP contribution is -2.12. The number of sulfone groups is 2. The molecule has 0 bridgehead atoms. The van der Waals surface area contributed by atoms with Gasteiger partial charge in [0.1, 0.15) is 0 Å². The Morgan fingerprint density at radius 2 is 1.00 bits per heavy atom. The number of benzene rings is 1. The summed E-state index contributed by atoms with van der Waals surface area (Å²) >= 11 is 0. The molecule has 0 fully saturated rings. The summed E-state index contributed by atoms with van der Waals surface area (Å²) in [5, 5.41) is 17.2. The summed E-state index contributed by atoms with van der Waals surface area (Å²) in [6, 6.07) is 4.70. The van der Waals surface area contributed by atoms with Gasteiger partial charge in [-0.25, -0.2) is 16.8 Å². The van der Waals surface area contributed by atoms with Gasteiger partial charge in [0, 0.05) is 0 Å². The van der Waals surface area contributed by atoms with Crippen LogP contribution in [0, 0.1) is 0 Å². The molecule has 0 aromatic heterocycles. The number of aliphatic hydroxyl groups is 2. The monoisotopic (exact) mass is 294 g/mol. The summed E-state index contributed by atoms with van der Waals surface area (Å²) < 4.78 is 46.3. The minimum absolute atomic E-state index is 0.0421. The van der Waals surface area contributed by atoms with E-state index in [1.807, 2.05) is 0 Å². The van der Waals surface area contributed by atoms with Gasteiger partial charge >= 0.3 is 0 Å². The van der Waals surface area contributed by atoms with Crippen LogP contribution in [-0.2, 0) is 19.7 Å². The Balaban J connectivity index is 3.08. The van der Waals surface area contributed by atoms with E-state index in [0.29, 0.717) is 0 Å². The SMILES string of the molecule is O=S(=O)(CCO)c1ccc(S(=O)(=O)CCO)cc1. The first-order chi connectivity index (χ1) is 8.33. The maximum Gasteiger partial charge on any atom is 0.180 e. The van der Waals surface area contributed by atoms with Crippen LogP contribution >= 0.6 is 0 Å². The molecule has 0 saturated heterocycles. The lowest BCUT2D eigenvalue weighted by Gasteiger charge is -2.05. The van der Waals surface area contributed by atoms with Gasteiger partial charge in [0.25, 0.3) is 0 Å². The Morgan fingerprint density at radius 3 is 1.22 bits per heavy atom. The van der Waals surface area contributed by atoms with Crippen LogP contribution in [0.25, 0.3) is 0 Å². The van der Waals surface area contributed by atoms with Gasteiger partial charge < -0.3 is 10.2 Å². The van der Waals surface area contributed by atoms with E-state index in [-0.39, 0.29) is 9.79 Å². The Hall–Kier alpha value is -0.960. The molecule has 0 aliphatic heterocycles. The normalized spacial score (nSPS) is 12.6. The maximum atomic E-state index is 11.6. The second-order valence-corrected chi connectivity index (χ2v) is 7.77. The molecule has 6 nitrogen and oxygen atoms in total. The summed E-state index contributed by atoms with van der Waals surface area (Å²) in [6.07, 6.45) is 0. The first-order valence-corrected chi connectivity index (χ1v) is 8.41. The lowest BCUT2D eigenvalue weighted by molar-refractivity contribution is 0.319. The Kier molecular flexibility index (Phi) is 4.85. The van der Waals surface area contributed by atoms with E-state index in [1.165, 1.54) is 24.3 Å². The third-order valence-corrected chi connectivity index (χ3v) is 5.68. The third kappa shape index (κ3) is 3.52. The van der Waals surface area contributed by atoms with Crippen molar-refractivity contribution in [3.63, 3.8) is 0 Å². The van der Waals surface area contributed by atoms with Crippen molar-refractivity contribution < 1.29 is 27.0 Å². The van der Waals surface area contributed by atoms with Crippen molar-refractivity contribution in [3.8, 4) is 0 Å². The van der Waals surface area contributed by atoms with E-state index in [2.05, 4.69) is 0 Å². The predicted molar refractivity (Wildman–Crippen MR) is 64.7 cm³/mol. The van der Waals surface area contributed by atoms with Gasteiger partial charge in [-0.15, -0.1) is 0 Å². The van der Waals surface area contributed by atoms with Crippen LogP contribution in [-0.4, -0.2) is 51.8 Å². The molecular formula is C10H14O6S2. The van der Waals surface area contributed by atoms with Crippen LogP contribution in [0.3, 0.4) is 0 Å². The Morgan fingerprint density at radius 1 is 0.722 bits per heavy atom. The molecular weight excluding hydrogens is 280 g/mol. The molecule has 0 atom stereocenters. The van der Waals surface area contributed by atoms with Crippen molar-refractivity contribution in [2.75, 3.05) is 24.7 Å². The highest BCUT2D eigenvalue weighted by Gasteiger charge is 2.17. The Labute approximate surface area is 106 Å². The van der Waals surface area contributed by atoms with E-state index < -0.39 is 44.4 Å². The minimum Gasteiger partial charge on any atom is -0.395 e. The average Bonchev–Trinajstić information content (AvgIpc) is 2.29. The fourth-order valence-electron chi connectivity index (χ4n) is 1.33. The van der Waals surface area contributed by atoms with Gasteiger partial charge in [0.2, 0.25) is 0 Å². The number of hydrogen-bond acceptors (Lipinski definition) is 6. The molecule has 1 aromatic carbocycles. The highest BCUT2D eigenvalue weighted by molar-refractivity contribution is 7.91. The van der Waals surface area contributed by atoms with Crippen LogP contribution in [0.5, 0.6) is 0 Å². The van der Waals surface area contributed by atoms with Crippen molar-refractivity contribution in [2.45, 2.75) is 9.79 Å². The summed E-state index contributed by atoms with van der Waals surface area (Å²) in [7, 11) is -7.16. The standard InChI is InChI=1S/C10H14O6S2/c11-5-7-17(13,14)9-1-2-10(4-3-9)18(15,16)8-6-12/h1-4,11-12H,5-8H2. The molecule has 8 heteroatoms. The molecule has 0 aliphatic carbocycles. The largest absolute Gasteiger partial charge is 0.395 e. The van der Waals surface area contributed by atoms with Gasteiger partial charge in [-0.1, -0.05) is 0 Å². The quantitative estimate of drug-likeness (QED) is 0.712. The van der Waals surface area contributed by atoms with Crippen LogP contribution in [0.15, 0.2) is 34.1 Å². The predicted octanol–water partition coefficient (Wildman–Crippen LogP) is -0.781. The molecule has 0 amide bonds. The molecule has 0 heterocycles. The highest BCUT2D eigenvalue weighted by atomic mass is 32.2. The highest BCUT2D eigenvalue weighted by Crippen LogP contribution is 2.16.